The first-order valence-electron chi connectivity index (χ1n) is 6.89. The first-order chi connectivity index (χ1) is 9.95. The van der Waals surface area contributed by atoms with Crippen molar-refractivity contribution in [2.45, 2.75) is 32.2 Å². The highest BCUT2D eigenvalue weighted by molar-refractivity contribution is 7.18. The van der Waals surface area contributed by atoms with Gasteiger partial charge in [-0.25, -0.2) is 4.79 Å². The molecule has 1 saturated heterocycles. The monoisotopic (exact) mass is 308 g/mol. The summed E-state index contributed by atoms with van der Waals surface area (Å²) in [5, 5.41) is 12.3. The molecule has 1 aromatic rings. The molecular weight excluding hydrogens is 292 g/mol. The van der Waals surface area contributed by atoms with Gasteiger partial charge in [-0.3, -0.25) is 9.59 Å². The van der Waals surface area contributed by atoms with Gasteiger partial charge in [-0.1, -0.05) is 0 Å². The van der Waals surface area contributed by atoms with E-state index in [0.29, 0.717) is 23.2 Å². The maximum Gasteiger partial charge on any atom is 0.346 e. The maximum atomic E-state index is 12.2. The number of aryl methyl sites for hydroxylation is 1. The molecule has 1 atom stereocenters. The van der Waals surface area contributed by atoms with E-state index in [2.05, 4.69) is 5.32 Å². The van der Waals surface area contributed by atoms with Crippen LogP contribution in [0.3, 0.4) is 0 Å². The number of aromatic carboxylic acids is 1. The molecule has 1 saturated carbocycles. The van der Waals surface area contributed by atoms with Crippen LogP contribution in [0.15, 0.2) is 6.07 Å². The average molecular weight is 308 g/mol. The molecule has 0 bridgehead atoms. The number of carbonyl (C=O) groups excluding carboxylic acids is 2. The van der Waals surface area contributed by atoms with Crippen LogP contribution in [-0.4, -0.2) is 40.4 Å². The first-order valence-corrected chi connectivity index (χ1v) is 7.71. The highest BCUT2D eigenvalue weighted by Gasteiger charge is 2.41. The minimum Gasteiger partial charge on any atom is -0.477 e. The first kappa shape index (κ1) is 14.1. The number of nitrogens with zero attached hydrogens (tertiary/aromatic N) is 1. The van der Waals surface area contributed by atoms with E-state index in [1.165, 1.54) is 0 Å². The van der Waals surface area contributed by atoms with Gasteiger partial charge in [0.05, 0.1) is 10.9 Å². The smallest absolute Gasteiger partial charge is 0.346 e. The summed E-state index contributed by atoms with van der Waals surface area (Å²) < 4.78 is 0. The molecular formula is C14H16N2O4S. The van der Waals surface area contributed by atoms with Gasteiger partial charge in [0.25, 0.3) is 0 Å². The van der Waals surface area contributed by atoms with Crippen LogP contribution in [0.5, 0.6) is 0 Å². The van der Waals surface area contributed by atoms with Gasteiger partial charge in [-0.2, -0.15) is 0 Å². The summed E-state index contributed by atoms with van der Waals surface area (Å²) in [6.07, 6.45) is 2.32. The Morgan fingerprint density at radius 1 is 1.43 bits per heavy atom. The van der Waals surface area contributed by atoms with Crippen LogP contribution in [0.1, 0.15) is 34.5 Å². The van der Waals surface area contributed by atoms with Gasteiger partial charge in [-0.05, 0) is 31.4 Å². The number of hydrogen-bond acceptors (Lipinski definition) is 4. The van der Waals surface area contributed by atoms with E-state index in [-0.39, 0.29) is 29.0 Å². The molecule has 7 heteroatoms. The largest absolute Gasteiger partial charge is 0.477 e. The Morgan fingerprint density at radius 3 is 2.71 bits per heavy atom. The predicted molar refractivity (Wildman–Crippen MR) is 77.5 cm³/mol. The van der Waals surface area contributed by atoms with E-state index >= 15 is 0 Å². The van der Waals surface area contributed by atoms with Gasteiger partial charge in [0.15, 0.2) is 0 Å². The second-order valence-electron chi connectivity index (χ2n) is 5.60. The van der Waals surface area contributed by atoms with Crippen molar-refractivity contribution in [1.29, 1.82) is 0 Å². The van der Waals surface area contributed by atoms with Gasteiger partial charge in [0.1, 0.15) is 4.88 Å². The van der Waals surface area contributed by atoms with E-state index in [1.807, 2.05) is 0 Å². The zero-order chi connectivity index (χ0) is 15.1. The van der Waals surface area contributed by atoms with E-state index in [0.717, 1.165) is 24.2 Å². The molecule has 0 aromatic carbocycles. The molecule has 2 N–H and O–H groups in total. The Balaban J connectivity index is 1.65. The summed E-state index contributed by atoms with van der Waals surface area (Å²) in [7, 11) is 0. The number of carboxylic acids is 1. The lowest BCUT2D eigenvalue weighted by Crippen LogP contribution is -2.29. The standard InChI is InChI=1S/C14H16N2O4S/c1-7-4-10(21-12(7)14(19)20)15-13(18)8-5-11(17)16(6-8)9-2-3-9/h4,8-9H,2-3,5-6H2,1H3,(H,15,18)(H,19,20). The fourth-order valence-corrected chi connectivity index (χ4v) is 3.54. The summed E-state index contributed by atoms with van der Waals surface area (Å²) >= 11 is 1.04. The van der Waals surface area contributed by atoms with Crippen molar-refractivity contribution in [1.82, 2.24) is 4.90 Å². The van der Waals surface area contributed by atoms with Crippen molar-refractivity contribution < 1.29 is 19.5 Å². The summed E-state index contributed by atoms with van der Waals surface area (Å²) in [4.78, 5) is 37.1. The number of thiophene rings is 1. The zero-order valence-corrected chi connectivity index (χ0v) is 12.4. The molecule has 1 unspecified atom stereocenters. The summed E-state index contributed by atoms with van der Waals surface area (Å²) in [6, 6.07) is 1.99. The van der Waals surface area contributed by atoms with Crippen LogP contribution in [0, 0.1) is 12.8 Å². The molecule has 2 amide bonds. The van der Waals surface area contributed by atoms with E-state index in [1.54, 1.807) is 17.9 Å². The van der Waals surface area contributed by atoms with Crippen LogP contribution in [-0.2, 0) is 9.59 Å². The van der Waals surface area contributed by atoms with Crippen LogP contribution in [0.25, 0.3) is 0 Å². The Kier molecular flexibility index (Phi) is 3.44. The molecule has 6 nitrogen and oxygen atoms in total. The van der Waals surface area contributed by atoms with Crippen LogP contribution in [0.4, 0.5) is 5.00 Å². The molecule has 1 aliphatic carbocycles. The minimum atomic E-state index is -0.992. The van der Waals surface area contributed by atoms with E-state index in [9.17, 15) is 14.4 Å². The SMILES string of the molecule is Cc1cc(NC(=O)C2CC(=O)N(C3CC3)C2)sc1C(=O)O. The van der Waals surface area contributed by atoms with Crippen molar-refractivity contribution in [2.75, 3.05) is 11.9 Å². The third-order valence-corrected chi connectivity index (χ3v) is 5.02. The number of hydrogen-bond donors (Lipinski definition) is 2. The van der Waals surface area contributed by atoms with Gasteiger partial charge >= 0.3 is 5.97 Å². The van der Waals surface area contributed by atoms with Crippen LogP contribution >= 0.6 is 11.3 Å². The third kappa shape index (κ3) is 2.78. The maximum absolute atomic E-state index is 12.2. The summed E-state index contributed by atoms with van der Waals surface area (Å²) in [5.41, 5.74) is 0.630. The van der Waals surface area contributed by atoms with Gasteiger partial charge in [0, 0.05) is 19.0 Å². The van der Waals surface area contributed by atoms with Crippen molar-refractivity contribution in [3.8, 4) is 0 Å². The average Bonchev–Trinajstić information content (AvgIpc) is 3.08. The highest BCUT2D eigenvalue weighted by atomic mass is 32.1. The normalized spacial score (nSPS) is 21.7. The molecule has 1 aromatic heterocycles. The fraction of sp³-hybridized carbons (Fsp3) is 0.500. The quantitative estimate of drug-likeness (QED) is 0.886. The highest BCUT2D eigenvalue weighted by Crippen LogP contribution is 2.33. The van der Waals surface area contributed by atoms with E-state index in [4.69, 9.17) is 5.11 Å². The van der Waals surface area contributed by atoms with Gasteiger partial charge in [-0.15, -0.1) is 11.3 Å². The van der Waals surface area contributed by atoms with Gasteiger partial charge in [0.2, 0.25) is 11.8 Å². The second-order valence-corrected chi connectivity index (χ2v) is 6.65. The van der Waals surface area contributed by atoms with Crippen LogP contribution in [0.2, 0.25) is 0 Å². The number of rotatable bonds is 4. The molecule has 112 valence electrons. The second kappa shape index (κ2) is 5.14. The van der Waals surface area contributed by atoms with E-state index < -0.39 is 5.97 Å². The Hall–Kier alpha value is -1.89. The molecule has 0 radical (unpaired) electrons. The third-order valence-electron chi connectivity index (χ3n) is 3.88. The molecule has 3 rings (SSSR count). The van der Waals surface area contributed by atoms with Crippen molar-refractivity contribution in [3.63, 3.8) is 0 Å². The van der Waals surface area contributed by atoms with Gasteiger partial charge < -0.3 is 15.3 Å². The van der Waals surface area contributed by atoms with Crippen LogP contribution < -0.4 is 5.32 Å². The van der Waals surface area contributed by atoms with Crippen molar-refractivity contribution >= 4 is 34.1 Å². The molecule has 1 aliphatic heterocycles. The number of likely N-dealkylation sites (tertiary alicyclic amines) is 1. The topological polar surface area (TPSA) is 86.7 Å². The lowest BCUT2D eigenvalue weighted by atomic mass is 10.1. The summed E-state index contributed by atoms with van der Waals surface area (Å²) in [6.45, 7) is 2.18. The zero-order valence-electron chi connectivity index (χ0n) is 11.6. The Labute approximate surface area is 125 Å². The number of nitrogens with one attached hydrogen (secondary N) is 1. The Morgan fingerprint density at radius 2 is 2.14 bits per heavy atom. The number of amides is 2. The molecule has 2 heterocycles. The Bertz CT molecular complexity index is 620. The van der Waals surface area contributed by atoms with Crippen molar-refractivity contribution in [2.24, 2.45) is 5.92 Å². The molecule has 2 fully saturated rings. The minimum absolute atomic E-state index is 0.0474. The predicted octanol–water partition coefficient (Wildman–Crippen LogP) is 1.70. The molecule has 21 heavy (non-hydrogen) atoms. The molecule has 2 aliphatic rings. The number of carbonyl (C=O) groups is 3. The van der Waals surface area contributed by atoms with Crippen molar-refractivity contribution in [3.05, 3.63) is 16.5 Å². The fourth-order valence-electron chi connectivity index (χ4n) is 2.63. The summed E-state index contributed by atoms with van der Waals surface area (Å²) in [5.74, 6) is -1.49. The lowest BCUT2D eigenvalue weighted by molar-refractivity contribution is -0.128. The number of carboxylic acid groups (broad SMARTS) is 1. The lowest BCUT2D eigenvalue weighted by Gasteiger charge is -2.14. The molecule has 0 spiro atoms. The number of anilines is 1.